The van der Waals surface area contributed by atoms with Gasteiger partial charge in [-0.15, -0.1) is 0 Å². The zero-order valence-electron chi connectivity index (χ0n) is 9.78. The molecule has 0 saturated carbocycles. The van der Waals surface area contributed by atoms with Crippen LogP contribution in [0.25, 0.3) is 0 Å². The van der Waals surface area contributed by atoms with Gasteiger partial charge < -0.3 is 9.84 Å². The van der Waals surface area contributed by atoms with E-state index in [2.05, 4.69) is 0 Å². The summed E-state index contributed by atoms with van der Waals surface area (Å²) in [6.45, 7) is 0.249. The minimum Gasteiger partial charge on any atom is -0.491 e. The highest BCUT2D eigenvalue weighted by Gasteiger charge is 2.06. The molecule has 2 aromatic rings. The molecule has 0 aliphatic heterocycles. The second-order valence-corrected chi connectivity index (χ2v) is 5.11. The third-order valence-corrected chi connectivity index (χ3v) is 3.76. The molecule has 0 bridgehead atoms. The normalized spacial score (nSPS) is 12.1. The quantitative estimate of drug-likeness (QED) is 0.898. The Morgan fingerprint density at radius 3 is 2.17 bits per heavy atom. The number of hydrogen-bond acceptors (Lipinski definition) is 3. The average molecular weight is 262 g/mol. The van der Waals surface area contributed by atoms with Gasteiger partial charge in [0.25, 0.3) is 0 Å². The fourth-order valence-corrected chi connectivity index (χ4v) is 2.56. The second-order valence-electron chi connectivity index (χ2n) is 3.63. The van der Waals surface area contributed by atoms with Crippen molar-refractivity contribution in [1.82, 2.24) is 0 Å². The van der Waals surface area contributed by atoms with Gasteiger partial charge in [-0.25, -0.2) is 4.21 Å². The van der Waals surface area contributed by atoms with Gasteiger partial charge in [0.1, 0.15) is 12.4 Å². The van der Waals surface area contributed by atoms with Gasteiger partial charge >= 0.3 is 0 Å². The molecule has 0 radical (unpaired) electrons. The van der Waals surface area contributed by atoms with E-state index < -0.39 is 10.8 Å². The summed E-state index contributed by atoms with van der Waals surface area (Å²) >= 11 is 0. The lowest BCUT2D eigenvalue weighted by Gasteiger charge is -2.05. The summed E-state index contributed by atoms with van der Waals surface area (Å²) < 4.78 is 17.4. The summed E-state index contributed by atoms with van der Waals surface area (Å²) in [6.07, 6.45) is 0. The first-order valence-electron chi connectivity index (χ1n) is 5.62. The topological polar surface area (TPSA) is 46.5 Å². The van der Waals surface area contributed by atoms with Crippen LogP contribution in [-0.4, -0.2) is 22.5 Å². The van der Waals surface area contributed by atoms with Gasteiger partial charge in [0.05, 0.1) is 17.4 Å². The van der Waals surface area contributed by atoms with Crippen LogP contribution in [0.1, 0.15) is 0 Å². The Morgan fingerprint density at radius 1 is 0.944 bits per heavy atom. The summed E-state index contributed by atoms with van der Waals surface area (Å²) in [5.41, 5.74) is 0. The van der Waals surface area contributed by atoms with Gasteiger partial charge in [-0.2, -0.15) is 0 Å². The Kier molecular flexibility index (Phi) is 4.50. The molecule has 1 unspecified atom stereocenters. The van der Waals surface area contributed by atoms with Gasteiger partial charge in [0, 0.05) is 9.79 Å². The molecular weight excluding hydrogens is 248 g/mol. The maximum Gasteiger partial charge on any atom is 0.119 e. The Hall–Kier alpha value is -1.65. The van der Waals surface area contributed by atoms with E-state index in [4.69, 9.17) is 9.84 Å². The lowest BCUT2D eigenvalue weighted by atomic mass is 10.3. The van der Waals surface area contributed by atoms with Crippen LogP contribution in [0.5, 0.6) is 5.75 Å². The molecule has 0 aliphatic rings. The van der Waals surface area contributed by atoms with Crippen LogP contribution < -0.4 is 4.74 Å². The lowest BCUT2D eigenvalue weighted by Crippen LogP contribution is -2.01. The molecule has 0 fully saturated rings. The van der Waals surface area contributed by atoms with E-state index in [0.717, 1.165) is 9.79 Å². The van der Waals surface area contributed by atoms with E-state index in [9.17, 15) is 4.21 Å². The largest absolute Gasteiger partial charge is 0.491 e. The minimum absolute atomic E-state index is 0.0162. The zero-order valence-corrected chi connectivity index (χ0v) is 10.6. The molecule has 3 nitrogen and oxygen atoms in total. The van der Waals surface area contributed by atoms with Crippen molar-refractivity contribution in [2.45, 2.75) is 9.79 Å². The SMILES string of the molecule is O=S(c1ccccc1)c1ccc(OCCO)cc1. The van der Waals surface area contributed by atoms with E-state index in [-0.39, 0.29) is 13.2 Å². The van der Waals surface area contributed by atoms with Gasteiger partial charge in [-0.05, 0) is 36.4 Å². The van der Waals surface area contributed by atoms with Crippen LogP contribution in [0.2, 0.25) is 0 Å². The van der Waals surface area contributed by atoms with E-state index in [0.29, 0.717) is 5.75 Å². The summed E-state index contributed by atoms with van der Waals surface area (Å²) in [5, 5.41) is 8.65. The molecule has 0 spiro atoms. The number of ether oxygens (including phenoxy) is 1. The molecule has 2 aromatic carbocycles. The molecular formula is C14H14O3S. The highest BCUT2D eigenvalue weighted by molar-refractivity contribution is 7.85. The van der Waals surface area contributed by atoms with Gasteiger partial charge in [-0.1, -0.05) is 18.2 Å². The van der Waals surface area contributed by atoms with Crippen molar-refractivity contribution >= 4 is 10.8 Å². The molecule has 4 heteroatoms. The van der Waals surface area contributed by atoms with Crippen molar-refractivity contribution in [3.63, 3.8) is 0 Å². The molecule has 2 rings (SSSR count). The summed E-state index contributed by atoms with van der Waals surface area (Å²) in [7, 11) is -1.17. The van der Waals surface area contributed by atoms with Crippen LogP contribution in [0.3, 0.4) is 0 Å². The lowest BCUT2D eigenvalue weighted by molar-refractivity contribution is 0.201. The van der Waals surface area contributed by atoms with Gasteiger partial charge in [0.2, 0.25) is 0 Å². The Balaban J connectivity index is 2.12. The van der Waals surface area contributed by atoms with Crippen molar-refractivity contribution < 1.29 is 14.1 Å². The molecule has 1 N–H and O–H groups in total. The van der Waals surface area contributed by atoms with Crippen LogP contribution in [0.4, 0.5) is 0 Å². The van der Waals surface area contributed by atoms with E-state index >= 15 is 0 Å². The Labute approximate surface area is 109 Å². The molecule has 0 saturated heterocycles. The third kappa shape index (κ3) is 3.18. The third-order valence-electron chi connectivity index (χ3n) is 2.36. The number of aliphatic hydroxyl groups excluding tert-OH is 1. The maximum atomic E-state index is 12.2. The second kappa shape index (κ2) is 6.33. The molecule has 1 atom stereocenters. The Bertz CT molecular complexity index is 508. The first-order valence-corrected chi connectivity index (χ1v) is 6.77. The summed E-state index contributed by atoms with van der Waals surface area (Å²) in [6, 6.07) is 16.4. The number of benzene rings is 2. The van der Waals surface area contributed by atoms with Crippen molar-refractivity contribution in [2.75, 3.05) is 13.2 Å². The minimum atomic E-state index is -1.17. The van der Waals surface area contributed by atoms with Gasteiger partial charge in [-0.3, -0.25) is 0 Å². The monoisotopic (exact) mass is 262 g/mol. The fourth-order valence-electron chi connectivity index (χ4n) is 1.50. The average Bonchev–Trinajstić information content (AvgIpc) is 2.46. The first kappa shape index (κ1) is 12.8. The Morgan fingerprint density at radius 2 is 1.56 bits per heavy atom. The van der Waals surface area contributed by atoms with E-state index in [1.807, 2.05) is 30.3 Å². The van der Waals surface area contributed by atoms with E-state index in [1.165, 1.54) is 0 Å². The molecule has 18 heavy (non-hydrogen) atoms. The maximum absolute atomic E-state index is 12.2. The number of aliphatic hydroxyl groups is 1. The predicted octanol–water partition coefficient (Wildman–Crippen LogP) is 2.22. The first-order chi connectivity index (χ1) is 8.81. The molecule has 0 aliphatic carbocycles. The van der Waals surface area contributed by atoms with Crippen molar-refractivity contribution in [3.8, 4) is 5.75 Å². The van der Waals surface area contributed by atoms with Crippen molar-refractivity contribution in [2.24, 2.45) is 0 Å². The molecule has 0 aromatic heterocycles. The standard InChI is InChI=1S/C14H14O3S/c15-10-11-17-12-6-8-14(9-7-12)18(16)13-4-2-1-3-5-13/h1-9,15H,10-11H2. The molecule has 0 amide bonds. The van der Waals surface area contributed by atoms with Crippen LogP contribution >= 0.6 is 0 Å². The highest BCUT2D eigenvalue weighted by atomic mass is 32.2. The van der Waals surface area contributed by atoms with Gasteiger partial charge in [0.15, 0.2) is 0 Å². The predicted molar refractivity (Wildman–Crippen MR) is 70.1 cm³/mol. The fraction of sp³-hybridized carbons (Fsp3) is 0.143. The number of hydrogen-bond donors (Lipinski definition) is 1. The van der Waals surface area contributed by atoms with Crippen LogP contribution in [0, 0.1) is 0 Å². The van der Waals surface area contributed by atoms with Crippen LogP contribution in [-0.2, 0) is 10.8 Å². The summed E-state index contributed by atoms with van der Waals surface area (Å²) in [5.74, 6) is 0.665. The smallest absolute Gasteiger partial charge is 0.119 e. The zero-order chi connectivity index (χ0) is 12.8. The summed E-state index contributed by atoms with van der Waals surface area (Å²) in [4.78, 5) is 1.51. The molecule has 0 heterocycles. The van der Waals surface area contributed by atoms with Crippen molar-refractivity contribution in [3.05, 3.63) is 54.6 Å². The molecule has 94 valence electrons. The number of rotatable bonds is 5. The highest BCUT2D eigenvalue weighted by Crippen LogP contribution is 2.19. The van der Waals surface area contributed by atoms with Crippen molar-refractivity contribution in [1.29, 1.82) is 0 Å². The van der Waals surface area contributed by atoms with E-state index in [1.54, 1.807) is 24.3 Å². The van der Waals surface area contributed by atoms with Crippen LogP contribution in [0.15, 0.2) is 64.4 Å².